The van der Waals surface area contributed by atoms with Crippen LogP contribution in [0.4, 0.5) is 0 Å². The highest BCUT2D eigenvalue weighted by atomic mass is 15.0. The van der Waals surface area contributed by atoms with Gasteiger partial charge in [0.05, 0.1) is 11.0 Å². The summed E-state index contributed by atoms with van der Waals surface area (Å²) in [5, 5.41) is 13.4. The second-order valence-electron chi connectivity index (χ2n) is 20.2. The van der Waals surface area contributed by atoms with Crippen molar-refractivity contribution in [1.29, 1.82) is 0 Å². The summed E-state index contributed by atoms with van der Waals surface area (Å²) in [5.74, 6) is 0. The molecular formula is C54H47BN2. The first-order chi connectivity index (χ1) is 27.2. The molecule has 2 nitrogen and oxygen atoms in total. The minimum absolute atomic E-state index is 0.0184. The third-order valence-corrected chi connectivity index (χ3v) is 13.7. The molecule has 0 saturated carbocycles. The molecule has 4 heterocycles. The van der Waals surface area contributed by atoms with Crippen molar-refractivity contribution in [3.63, 3.8) is 0 Å². The number of hydrogen-bond donors (Lipinski definition) is 0. The van der Waals surface area contributed by atoms with Gasteiger partial charge in [0.1, 0.15) is 0 Å². The van der Waals surface area contributed by atoms with Crippen LogP contribution in [0.15, 0.2) is 121 Å². The molecule has 2 aliphatic rings. The van der Waals surface area contributed by atoms with E-state index < -0.39 is 0 Å². The summed E-state index contributed by atoms with van der Waals surface area (Å²) in [6, 6.07) is 47.5. The van der Waals surface area contributed by atoms with Gasteiger partial charge in [0.15, 0.2) is 0 Å². The first-order valence-electron chi connectivity index (χ1n) is 20.8. The van der Waals surface area contributed by atoms with Crippen LogP contribution in [0.2, 0.25) is 0 Å². The van der Waals surface area contributed by atoms with Gasteiger partial charge in [0.25, 0.3) is 6.71 Å². The van der Waals surface area contributed by atoms with E-state index in [-0.39, 0.29) is 23.0 Å². The molecule has 276 valence electrons. The maximum Gasteiger partial charge on any atom is 0.252 e. The predicted molar refractivity (Wildman–Crippen MR) is 248 cm³/mol. The first kappa shape index (κ1) is 33.4. The van der Waals surface area contributed by atoms with Gasteiger partial charge in [0, 0.05) is 49.3 Å². The second kappa shape index (κ2) is 10.6. The van der Waals surface area contributed by atoms with Gasteiger partial charge in [-0.15, -0.1) is 0 Å². The molecule has 0 radical (unpaired) electrons. The van der Waals surface area contributed by atoms with Crippen molar-refractivity contribution in [2.24, 2.45) is 0 Å². The lowest BCUT2D eigenvalue weighted by Crippen LogP contribution is -2.59. The molecule has 0 aliphatic carbocycles. The number of benzene rings is 8. The lowest BCUT2D eigenvalue weighted by Gasteiger charge is -2.35. The van der Waals surface area contributed by atoms with Crippen LogP contribution in [0, 0.1) is 0 Å². The molecule has 0 atom stereocenters. The molecule has 2 aromatic heterocycles. The number of nitrogens with zero attached hydrogens (tertiary/aromatic N) is 2. The molecule has 0 fully saturated rings. The summed E-state index contributed by atoms with van der Waals surface area (Å²) in [5.41, 5.74) is 16.3. The van der Waals surface area contributed by atoms with Crippen LogP contribution in [0.3, 0.4) is 0 Å². The Kier molecular flexibility index (Phi) is 6.19. The predicted octanol–water partition coefficient (Wildman–Crippen LogP) is 12.4. The standard InChI is InChI=1S/C54H47BN2/c1-52(2,3)30-21-23-43-38(25-30)39-26-31(53(4,5)6)28-41-50(39)56(43)45-19-14-20-46-49(45)55(41)42-29-32(54(7,8)9)27-40-48-44(57(46)51(40)42)24-22-37-35-17-11-10-15-33(35)34-16-12-13-18-36(34)47(37)48/h10-29H,1-9H3. The Morgan fingerprint density at radius 2 is 0.842 bits per heavy atom. The Morgan fingerprint density at radius 3 is 1.44 bits per heavy atom. The zero-order valence-electron chi connectivity index (χ0n) is 34.5. The van der Waals surface area contributed by atoms with Crippen LogP contribution in [0.5, 0.6) is 0 Å². The molecule has 0 bridgehead atoms. The van der Waals surface area contributed by atoms with E-state index in [4.69, 9.17) is 0 Å². The normalized spacial score (nSPS) is 14.0. The van der Waals surface area contributed by atoms with Gasteiger partial charge in [-0.25, -0.2) is 0 Å². The van der Waals surface area contributed by atoms with E-state index in [1.807, 2.05) is 0 Å². The Labute approximate surface area is 334 Å². The van der Waals surface area contributed by atoms with E-state index in [2.05, 4.69) is 193 Å². The van der Waals surface area contributed by atoms with E-state index in [1.165, 1.54) is 120 Å². The van der Waals surface area contributed by atoms with Crippen LogP contribution < -0.4 is 16.4 Å². The van der Waals surface area contributed by atoms with Gasteiger partial charge >= 0.3 is 0 Å². The summed E-state index contributed by atoms with van der Waals surface area (Å²) in [7, 11) is 0. The SMILES string of the molecule is CC(C)(C)c1ccc2c(c1)c1cc(C(C)(C)C)cc3c1n2-c1cccc2c1B3c1cc(C(C)(C)C)cc3c4c5c6ccccc6c6ccccc6c5ccc4n-2c13. The summed E-state index contributed by atoms with van der Waals surface area (Å²) in [6.45, 7) is 21.4. The Balaban J connectivity index is 1.32. The molecule has 0 N–H and O–H groups in total. The van der Waals surface area contributed by atoms with Gasteiger partial charge in [-0.3, -0.25) is 0 Å². The lowest BCUT2D eigenvalue weighted by atomic mass is 9.34. The third kappa shape index (κ3) is 4.22. The molecule has 10 aromatic rings. The van der Waals surface area contributed by atoms with Crippen molar-refractivity contribution in [3.05, 3.63) is 138 Å². The zero-order valence-corrected chi connectivity index (χ0v) is 34.5. The van der Waals surface area contributed by atoms with E-state index >= 15 is 0 Å². The Bertz CT molecular complexity index is 3420. The molecular weight excluding hydrogens is 687 g/mol. The molecule has 12 rings (SSSR count). The Hall–Kier alpha value is -5.80. The summed E-state index contributed by atoms with van der Waals surface area (Å²) in [6.07, 6.45) is 0. The third-order valence-electron chi connectivity index (χ3n) is 13.7. The fourth-order valence-corrected chi connectivity index (χ4v) is 10.8. The van der Waals surface area contributed by atoms with Crippen molar-refractivity contribution in [1.82, 2.24) is 9.13 Å². The summed E-state index contributed by atoms with van der Waals surface area (Å²) in [4.78, 5) is 0. The number of rotatable bonds is 0. The minimum Gasteiger partial charge on any atom is -0.310 e. The van der Waals surface area contributed by atoms with Gasteiger partial charge in [0.2, 0.25) is 0 Å². The van der Waals surface area contributed by atoms with Gasteiger partial charge in [-0.1, -0.05) is 141 Å². The highest BCUT2D eigenvalue weighted by molar-refractivity contribution is 7.00. The minimum atomic E-state index is -0.0479. The molecule has 57 heavy (non-hydrogen) atoms. The molecule has 2 aliphatic heterocycles. The number of aromatic nitrogens is 2. The summed E-state index contributed by atoms with van der Waals surface area (Å²) >= 11 is 0. The van der Waals surface area contributed by atoms with E-state index in [0.717, 1.165) is 0 Å². The van der Waals surface area contributed by atoms with Crippen LogP contribution in [-0.4, -0.2) is 15.8 Å². The molecule has 0 saturated heterocycles. The maximum absolute atomic E-state index is 2.64. The molecule has 0 spiro atoms. The number of fused-ring (bicyclic) bond motifs is 17. The maximum atomic E-state index is 2.64. The molecule has 0 amide bonds. The van der Waals surface area contributed by atoms with Gasteiger partial charge in [-0.2, -0.15) is 0 Å². The van der Waals surface area contributed by atoms with Crippen molar-refractivity contribution in [2.45, 2.75) is 78.6 Å². The van der Waals surface area contributed by atoms with E-state index in [0.29, 0.717) is 0 Å². The molecule has 3 heteroatoms. The van der Waals surface area contributed by atoms with Crippen molar-refractivity contribution < 1.29 is 0 Å². The molecule has 0 unspecified atom stereocenters. The van der Waals surface area contributed by atoms with Crippen molar-refractivity contribution in [3.8, 4) is 11.4 Å². The van der Waals surface area contributed by atoms with Crippen LogP contribution in [-0.2, 0) is 16.2 Å². The average molecular weight is 735 g/mol. The first-order valence-corrected chi connectivity index (χ1v) is 20.8. The quantitative estimate of drug-likeness (QED) is 0.108. The van der Waals surface area contributed by atoms with E-state index in [9.17, 15) is 0 Å². The fourth-order valence-electron chi connectivity index (χ4n) is 10.8. The number of hydrogen-bond acceptors (Lipinski definition) is 0. The van der Waals surface area contributed by atoms with Crippen molar-refractivity contribution >= 4 is 99.0 Å². The lowest BCUT2D eigenvalue weighted by molar-refractivity contribution is 0.590. The fraction of sp³-hybridized carbons (Fsp3) is 0.222. The largest absolute Gasteiger partial charge is 0.310 e. The van der Waals surface area contributed by atoms with Crippen LogP contribution in [0.25, 0.3) is 87.3 Å². The zero-order chi connectivity index (χ0) is 39.1. The smallest absolute Gasteiger partial charge is 0.252 e. The van der Waals surface area contributed by atoms with Crippen LogP contribution >= 0.6 is 0 Å². The van der Waals surface area contributed by atoms with Gasteiger partial charge in [-0.05, 0) is 119 Å². The van der Waals surface area contributed by atoms with Crippen LogP contribution in [0.1, 0.15) is 79.0 Å². The highest BCUT2D eigenvalue weighted by Crippen LogP contribution is 2.46. The Morgan fingerprint density at radius 1 is 0.368 bits per heavy atom. The second-order valence-corrected chi connectivity index (χ2v) is 20.2. The highest BCUT2D eigenvalue weighted by Gasteiger charge is 2.42. The topological polar surface area (TPSA) is 9.86 Å². The van der Waals surface area contributed by atoms with Gasteiger partial charge < -0.3 is 9.13 Å². The van der Waals surface area contributed by atoms with E-state index in [1.54, 1.807) is 0 Å². The molecule has 8 aromatic carbocycles. The van der Waals surface area contributed by atoms with Crippen molar-refractivity contribution in [2.75, 3.05) is 0 Å². The average Bonchev–Trinajstić information content (AvgIpc) is 3.70. The summed E-state index contributed by atoms with van der Waals surface area (Å²) < 4.78 is 5.26. The monoisotopic (exact) mass is 734 g/mol.